The van der Waals surface area contributed by atoms with Crippen LogP contribution < -0.4 is 0 Å². The molecule has 1 aliphatic rings. The smallest absolute Gasteiger partial charge is 0.162 e. The molecule has 0 unspecified atom stereocenters. The fourth-order valence-electron chi connectivity index (χ4n) is 1.83. The van der Waals surface area contributed by atoms with Crippen molar-refractivity contribution in [2.24, 2.45) is 0 Å². The number of hydrogen-bond acceptors (Lipinski definition) is 5. The first-order valence-electron chi connectivity index (χ1n) is 5.12. The van der Waals surface area contributed by atoms with Crippen LogP contribution in [0.1, 0.15) is 17.9 Å². The Morgan fingerprint density at radius 1 is 1.73 bits per heavy atom. The van der Waals surface area contributed by atoms with E-state index in [1.54, 1.807) is 7.11 Å². The molecule has 1 aliphatic heterocycles. The predicted molar refractivity (Wildman–Crippen MR) is 53.1 cm³/mol. The van der Waals surface area contributed by atoms with Crippen molar-refractivity contribution >= 4 is 0 Å². The molecule has 0 saturated carbocycles. The molecule has 0 aromatic carbocycles. The Balaban J connectivity index is 1.87. The Morgan fingerprint density at radius 3 is 3.27 bits per heavy atom. The summed E-state index contributed by atoms with van der Waals surface area (Å²) < 4.78 is 10.0. The number of rotatable bonds is 4. The molecule has 0 spiro atoms. The van der Waals surface area contributed by atoms with E-state index in [0.717, 1.165) is 37.5 Å². The minimum Gasteiger partial charge on any atom is -0.392 e. The molecule has 1 fully saturated rings. The number of methoxy groups -OCH3 is 1. The molecule has 15 heavy (non-hydrogen) atoms. The van der Waals surface area contributed by atoms with Crippen molar-refractivity contribution in [3.05, 3.63) is 17.5 Å². The number of likely N-dealkylation sites (tertiary alicyclic amines) is 1. The summed E-state index contributed by atoms with van der Waals surface area (Å²) in [6, 6.07) is 1.90. The van der Waals surface area contributed by atoms with Crippen molar-refractivity contribution in [1.29, 1.82) is 0 Å². The third-order valence-corrected chi connectivity index (χ3v) is 2.53. The Hall–Kier alpha value is -0.910. The molecule has 5 heteroatoms. The van der Waals surface area contributed by atoms with Crippen LogP contribution in [0.5, 0.6) is 0 Å². The van der Waals surface area contributed by atoms with Gasteiger partial charge in [0.2, 0.25) is 0 Å². The average Bonchev–Trinajstić information content (AvgIpc) is 2.78. The van der Waals surface area contributed by atoms with Crippen molar-refractivity contribution in [2.75, 3.05) is 20.2 Å². The van der Waals surface area contributed by atoms with Crippen LogP contribution in [0.15, 0.2) is 10.6 Å². The summed E-state index contributed by atoms with van der Waals surface area (Å²) in [6.45, 7) is 2.85. The number of aliphatic hydroxyl groups is 1. The van der Waals surface area contributed by atoms with E-state index >= 15 is 0 Å². The van der Waals surface area contributed by atoms with Crippen molar-refractivity contribution < 1.29 is 14.4 Å². The third kappa shape index (κ3) is 2.77. The molecule has 0 bridgehead atoms. The van der Waals surface area contributed by atoms with Crippen LogP contribution in [-0.2, 0) is 17.9 Å². The van der Waals surface area contributed by atoms with Crippen LogP contribution in [0.3, 0.4) is 0 Å². The number of nitrogens with zero attached hydrogens (tertiary/aromatic N) is 2. The molecule has 5 nitrogen and oxygen atoms in total. The molecule has 0 radical (unpaired) electrons. The highest BCUT2D eigenvalue weighted by molar-refractivity contribution is 5.04. The lowest BCUT2D eigenvalue weighted by atomic mass is 10.3. The van der Waals surface area contributed by atoms with Gasteiger partial charge in [-0.25, -0.2) is 0 Å². The minimum absolute atomic E-state index is 0.185. The van der Waals surface area contributed by atoms with Gasteiger partial charge in [-0.15, -0.1) is 0 Å². The Morgan fingerprint density at radius 2 is 2.60 bits per heavy atom. The number of aromatic nitrogens is 1. The van der Waals surface area contributed by atoms with Gasteiger partial charge >= 0.3 is 0 Å². The predicted octanol–water partition coefficient (Wildman–Crippen LogP) is 0.388. The lowest BCUT2D eigenvalue weighted by Gasteiger charge is -2.11. The summed E-state index contributed by atoms with van der Waals surface area (Å²) in [6.07, 6.45) is 0.665. The van der Waals surface area contributed by atoms with Crippen LogP contribution in [0.2, 0.25) is 0 Å². The fraction of sp³-hybridized carbons (Fsp3) is 0.700. The van der Waals surface area contributed by atoms with Gasteiger partial charge < -0.3 is 14.4 Å². The van der Waals surface area contributed by atoms with Gasteiger partial charge in [-0.3, -0.25) is 4.90 Å². The molecule has 0 aliphatic carbocycles. The lowest BCUT2D eigenvalue weighted by molar-refractivity contribution is 0.155. The first kappa shape index (κ1) is 10.6. The average molecular weight is 212 g/mol. The second-order valence-electron chi connectivity index (χ2n) is 3.90. The zero-order valence-corrected chi connectivity index (χ0v) is 8.85. The summed E-state index contributed by atoms with van der Waals surface area (Å²) in [4.78, 5) is 2.17. The van der Waals surface area contributed by atoms with E-state index in [9.17, 15) is 5.11 Å². The molecule has 2 rings (SSSR count). The summed E-state index contributed by atoms with van der Waals surface area (Å²) >= 11 is 0. The maximum Gasteiger partial charge on any atom is 0.162 e. The van der Waals surface area contributed by atoms with Gasteiger partial charge in [0, 0.05) is 32.8 Å². The van der Waals surface area contributed by atoms with Crippen LogP contribution >= 0.6 is 0 Å². The van der Waals surface area contributed by atoms with E-state index in [1.165, 1.54) is 0 Å². The zero-order valence-electron chi connectivity index (χ0n) is 8.85. The quantitative estimate of drug-likeness (QED) is 0.782. The van der Waals surface area contributed by atoms with Gasteiger partial charge in [0.15, 0.2) is 5.76 Å². The van der Waals surface area contributed by atoms with Crippen LogP contribution in [0.25, 0.3) is 0 Å². The molecule has 1 atom stereocenters. The topological polar surface area (TPSA) is 58.7 Å². The van der Waals surface area contributed by atoms with Crippen LogP contribution in [0, 0.1) is 0 Å². The van der Waals surface area contributed by atoms with E-state index in [0.29, 0.717) is 6.61 Å². The molecular weight excluding hydrogens is 196 g/mol. The number of aliphatic hydroxyl groups excluding tert-OH is 1. The van der Waals surface area contributed by atoms with E-state index in [2.05, 4.69) is 10.1 Å². The second kappa shape index (κ2) is 4.74. The van der Waals surface area contributed by atoms with Crippen LogP contribution in [-0.4, -0.2) is 41.5 Å². The number of β-amino-alcohol motifs (C(OH)–C–C–N with tert-alkyl or cyclic N) is 1. The summed E-state index contributed by atoms with van der Waals surface area (Å²) in [5.74, 6) is 0.743. The van der Waals surface area contributed by atoms with Gasteiger partial charge in [0.1, 0.15) is 6.61 Å². The number of ether oxygens (including phenoxy) is 1. The highest BCUT2D eigenvalue weighted by Crippen LogP contribution is 2.13. The highest BCUT2D eigenvalue weighted by Gasteiger charge is 2.21. The van der Waals surface area contributed by atoms with Gasteiger partial charge in [-0.1, -0.05) is 5.16 Å². The minimum atomic E-state index is -0.185. The third-order valence-electron chi connectivity index (χ3n) is 2.53. The highest BCUT2D eigenvalue weighted by atomic mass is 16.5. The first-order valence-corrected chi connectivity index (χ1v) is 5.12. The second-order valence-corrected chi connectivity index (χ2v) is 3.90. The van der Waals surface area contributed by atoms with Crippen molar-refractivity contribution in [3.63, 3.8) is 0 Å². The van der Waals surface area contributed by atoms with E-state index in [1.807, 2.05) is 6.07 Å². The standard InChI is InChI=1S/C10H16N2O3/c1-14-7-10-4-8(11-15-10)5-12-3-2-9(13)6-12/h4,9,13H,2-3,5-7H2,1H3/t9-/m0/s1. The Labute approximate surface area is 88.6 Å². The largest absolute Gasteiger partial charge is 0.392 e. The van der Waals surface area contributed by atoms with Gasteiger partial charge in [-0.2, -0.15) is 0 Å². The van der Waals surface area contributed by atoms with Crippen LogP contribution in [0.4, 0.5) is 0 Å². The molecule has 1 aromatic rings. The van der Waals surface area contributed by atoms with E-state index < -0.39 is 0 Å². The van der Waals surface area contributed by atoms with Crippen molar-refractivity contribution in [3.8, 4) is 0 Å². The molecule has 1 saturated heterocycles. The normalized spacial score (nSPS) is 22.4. The van der Waals surface area contributed by atoms with Gasteiger partial charge in [-0.05, 0) is 6.42 Å². The van der Waals surface area contributed by atoms with Gasteiger partial charge in [0.05, 0.1) is 11.8 Å². The maximum atomic E-state index is 9.36. The monoisotopic (exact) mass is 212 g/mol. The maximum absolute atomic E-state index is 9.36. The summed E-state index contributed by atoms with van der Waals surface area (Å²) in [7, 11) is 1.62. The van der Waals surface area contributed by atoms with Crippen molar-refractivity contribution in [1.82, 2.24) is 10.1 Å². The van der Waals surface area contributed by atoms with E-state index in [4.69, 9.17) is 9.26 Å². The van der Waals surface area contributed by atoms with Gasteiger partial charge in [0.25, 0.3) is 0 Å². The number of hydrogen-bond donors (Lipinski definition) is 1. The Bertz CT molecular complexity index is 313. The summed E-state index contributed by atoms with van der Waals surface area (Å²) in [5.41, 5.74) is 0.899. The first-order chi connectivity index (χ1) is 7.28. The molecule has 2 heterocycles. The molecule has 84 valence electrons. The fourth-order valence-corrected chi connectivity index (χ4v) is 1.83. The zero-order chi connectivity index (χ0) is 10.7. The summed E-state index contributed by atoms with van der Waals surface area (Å²) in [5, 5.41) is 13.3. The van der Waals surface area contributed by atoms with E-state index in [-0.39, 0.29) is 6.10 Å². The molecule has 1 N–H and O–H groups in total. The Kier molecular flexibility index (Phi) is 3.35. The molecule has 0 amide bonds. The lowest BCUT2D eigenvalue weighted by Crippen LogP contribution is -2.21. The molecular formula is C10H16N2O3. The van der Waals surface area contributed by atoms with Crippen molar-refractivity contribution in [2.45, 2.75) is 25.7 Å². The SMILES string of the molecule is COCc1cc(CN2CC[C@H](O)C2)no1. The molecule has 1 aromatic heterocycles.